The molecule has 0 amide bonds. The SMILES string of the molecule is CC(C)(C)n1c(CCl)nnc1CCCc1ccccc1. The van der Waals surface area contributed by atoms with E-state index in [4.69, 9.17) is 11.6 Å². The van der Waals surface area contributed by atoms with Gasteiger partial charge in [0.05, 0.1) is 5.88 Å². The lowest BCUT2D eigenvalue weighted by Crippen LogP contribution is -2.26. The highest BCUT2D eigenvalue weighted by Gasteiger charge is 2.21. The molecule has 1 heterocycles. The van der Waals surface area contributed by atoms with Crippen LogP contribution in [0, 0.1) is 0 Å². The monoisotopic (exact) mass is 291 g/mol. The van der Waals surface area contributed by atoms with E-state index < -0.39 is 0 Å². The summed E-state index contributed by atoms with van der Waals surface area (Å²) in [6.45, 7) is 6.48. The smallest absolute Gasteiger partial charge is 0.148 e. The molecule has 2 rings (SSSR count). The van der Waals surface area contributed by atoms with E-state index >= 15 is 0 Å². The van der Waals surface area contributed by atoms with Gasteiger partial charge in [-0.1, -0.05) is 30.3 Å². The van der Waals surface area contributed by atoms with Gasteiger partial charge < -0.3 is 4.57 Å². The van der Waals surface area contributed by atoms with Crippen LogP contribution in [-0.2, 0) is 24.3 Å². The van der Waals surface area contributed by atoms with E-state index in [0.29, 0.717) is 5.88 Å². The summed E-state index contributed by atoms with van der Waals surface area (Å²) in [6.07, 6.45) is 3.06. The maximum atomic E-state index is 5.96. The normalized spacial score (nSPS) is 11.8. The molecule has 0 N–H and O–H groups in total. The van der Waals surface area contributed by atoms with Crippen molar-refractivity contribution in [2.45, 2.75) is 51.5 Å². The van der Waals surface area contributed by atoms with Gasteiger partial charge in [-0.3, -0.25) is 0 Å². The van der Waals surface area contributed by atoms with E-state index in [-0.39, 0.29) is 5.54 Å². The first kappa shape index (κ1) is 15.0. The van der Waals surface area contributed by atoms with Crippen molar-refractivity contribution in [3.8, 4) is 0 Å². The van der Waals surface area contributed by atoms with Gasteiger partial charge in [0.25, 0.3) is 0 Å². The van der Waals surface area contributed by atoms with Crippen molar-refractivity contribution in [3.63, 3.8) is 0 Å². The summed E-state index contributed by atoms with van der Waals surface area (Å²) in [7, 11) is 0. The molecule has 1 aromatic heterocycles. The molecule has 0 saturated heterocycles. The molecule has 0 aliphatic rings. The van der Waals surface area contributed by atoms with E-state index in [0.717, 1.165) is 30.9 Å². The highest BCUT2D eigenvalue weighted by Crippen LogP contribution is 2.21. The van der Waals surface area contributed by atoms with Gasteiger partial charge in [0.1, 0.15) is 11.6 Å². The summed E-state index contributed by atoms with van der Waals surface area (Å²) < 4.78 is 2.17. The second-order valence-corrected chi connectivity index (χ2v) is 6.28. The Labute approximate surface area is 126 Å². The molecule has 20 heavy (non-hydrogen) atoms. The van der Waals surface area contributed by atoms with Gasteiger partial charge in [-0.25, -0.2) is 0 Å². The fourth-order valence-electron chi connectivity index (χ4n) is 2.47. The minimum absolute atomic E-state index is 0.0319. The second-order valence-electron chi connectivity index (χ2n) is 6.01. The van der Waals surface area contributed by atoms with Crippen LogP contribution in [0.1, 0.15) is 44.4 Å². The van der Waals surface area contributed by atoms with E-state index in [1.54, 1.807) is 0 Å². The third kappa shape index (κ3) is 3.60. The molecule has 0 aliphatic carbocycles. The summed E-state index contributed by atoms with van der Waals surface area (Å²) >= 11 is 5.96. The number of benzene rings is 1. The number of hydrogen-bond acceptors (Lipinski definition) is 2. The molecule has 3 nitrogen and oxygen atoms in total. The fraction of sp³-hybridized carbons (Fsp3) is 0.500. The second kappa shape index (κ2) is 6.40. The molecule has 0 unspecified atom stereocenters. The lowest BCUT2D eigenvalue weighted by Gasteiger charge is -2.24. The zero-order valence-electron chi connectivity index (χ0n) is 12.4. The van der Waals surface area contributed by atoms with Gasteiger partial charge in [-0.15, -0.1) is 21.8 Å². The number of halogens is 1. The number of aryl methyl sites for hydroxylation is 2. The maximum absolute atomic E-state index is 5.96. The molecule has 0 bridgehead atoms. The third-order valence-electron chi connectivity index (χ3n) is 3.30. The molecule has 108 valence electrons. The average Bonchev–Trinajstić information content (AvgIpc) is 2.83. The minimum atomic E-state index is -0.0319. The molecule has 4 heteroatoms. The summed E-state index contributed by atoms with van der Waals surface area (Å²) in [4.78, 5) is 0. The molecule has 0 saturated carbocycles. The predicted octanol–water partition coefficient (Wildman–Crippen LogP) is 3.95. The maximum Gasteiger partial charge on any atom is 0.148 e. The summed E-state index contributed by atoms with van der Waals surface area (Å²) in [6, 6.07) is 10.5. The Morgan fingerprint density at radius 2 is 1.65 bits per heavy atom. The van der Waals surface area contributed by atoms with Crippen molar-refractivity contribution in [1.29, 1.82) is 0 Å². The predicted molar refractivity (Wildman–Crippen MR) is 83.0 cm³/mol. The molecule has 0 atom stereocenters. The Morgan fingerprint density at radius 3 is 2.25 bits per heavy atom. The van der Waals surface area contributed by atoms with Gasteiger partial charge in [-0.05, 0) is 39.2 Å². The van der Waals surface area contributed by atoms with Gasteiger partial charge >= 0.3 is 0 Å². The first-order valence-corrected chi connectivity index (χ1v) is 7.59. The zero-order chi connectivity index (χ0) is 14.6. The Bertz CT molecular complexity index is 541. The van der Waals surface area contributed by atoms with Crippen LogP contribution in [0.3, 0.4) is 0 Å². The summed E-state index contributed by atoms with van der Waals surface area (Å²) in [5.41, 5.74) is 1.34. The van der Waals surface area contributed by atoms with Crippen molar-refractivity contribution in [1.82, 2.24) is 14.8 Å². The van der Waals surface area contributed by atoms with Crippen LogP contribution in [0.4, 0.5) is 0 Å². The molecule has 0 aliphatic heterocycles. The van der Waals surface area contributed by atoms with Crippen LogP contribution in [0.5, 0.6) is 0 Å². The Morgan fingerprint density at radius 1 is 1.00 bits per heavy atom. The minimum Gasteiger partial charge on any atom is -0.309 e. The number of alkyl halides is 1. The van der Waals surface area contributed by atoms with E-state index in [1.807, 2.05) is 6.07 Å². The summed E-state index contributed by atoms with van der Waals surface area (Å²) in [5, 5.41) is 8.52. The Kier molecular flexibility index (Phi) is 4.81. The first-order chi connectivity index (χ1) is 9.52. The van der Waals surface area contributed by atoms with E-state index in [1.165, 1.54) is 5.56 Å². The Balaban J connectivity index is 2.05. The molecule has 0 fully saturated rings. The van der Waals surface area contributed by atoms with E-state index in [9.17, 15) is 0 Å². The van der Waals surface area contributed by atoms with Crippen molar-refractivity contribution in [3.05, 3.63) is 47.5 Å². The zero-order valence-corrected chi connectivity index (χ0v) is 13.2. The van der Waals surface area contributed by atoms with Crippen LogP contribution in [0.25, 0.3) is 0 Å². The average molecular weight is 292 g/mol. The first-order valence-electron chi connectivity index (χ1n) is 7.06. The van der Waals surface area contributed by atoms with Crippen molar-refractivity contribution in [2.24, 2.45) is 0 Å². The number of nitrogens with zero attached hydrogens (tertiary/aromatic N) is 3. The largest absolute Gasteiger partial charge is 0.309 e. The lowest BCUT2D eigenvalue weighted by molar-refractivity contribution is 0.371. The van der Waals surface area contributed by atoms with Crippen LogP contribution < -0.4 is 0 Å². The molecule has 0 spiro atoms. The summed E-state index contributed by atoms with van der Waals surface area (Å²) in [5.74, 6) is 2.29. The van der Waals surface area contributed by atoms with E-state index in [2.05, 4.69) is 59.8 Å². The van der Waals surface area contributed by atoms with Gasteiger partial charge in [0.15, 0.2) is 0 Å². The van der Waals surface area contributed by atoms with Gasteiger partial charge in [0.2, 0.25) is 0 Å². The quantitative estimate of drug-likeness (QED) is 0.781. The van der Waals surface area contributed by atoms with Crippen molar-refractivity contribution < 1.29 is 0 Å². The van der Waals surface area contributed by atoms with Crippen LogP contribution >= 0.6 is 11.6 Å². The van der Waals surface area contributed by atoms with Gasteiger partial charge in [0, 0.05) is 12.0 Å². The van der Waals surface area contributed by atoms with Crippen molar-refractivity contribution in [2.75, 3.05) is 0 Å². The molecule has 1 aromatic carbocycles. The molecular formula is C16H22ClN3. The molecule has 0 radical (unpaired) electrons. The van der Waals surface area contributed by atoms with Crippen LogP contribution in [0.15, 0.2) is 30.3 Å². The fourth-order valence-corrected chi connectivity index (χ4v) is 2.64. The molecule has 2 aromatic rings. The van der Waals surface area contributed by atoms with Crippen LogP contribution in [0.2, 0.25) is 0 Å². The number of hydrogen-bond donors (Lipinski definition) is 0. The topological polar surface area (TPSA) is 30.7 Å². The highest BCUT2D eigenvalue weighted by molar-refractivity contribution is 6.16. The number of rotatable bonds is 5. The molecular weight excluding hydrogens is 270 g/mol. The third-order valence-corrected chi connectivity index (χ3v) is 3.54. The van der Waals surface area contributed by atoms with Crippen molar-refractivity contribution >= 4 is 11.6 Å². The lowest BCUT2D eigenvalue weighted by atomic mass is 10.1. The highest BCUT2D eigenvalue weighted by atomic mass is 35.5. The Hall–Kier alpha value is -1.35. The standard InChI is InChI=1S/C16H22ClN3/c1-16(2,3)20-14(18-19-15(20)12-17)11-7-10-13-8-5-4-6-9-13/h4-6,8-9H,7,10-12H2,1-3H3. The van der Waals surface area contributed by atoms with Crippen LogP contribution in [-0.4, -0.2) is 14.8 Å². The van der Waals surface area contributed by atoms with Gasteiger partial charge in [-0.2, -0.15) is 0 Å². The number of aromatic nitrogens is 3.